The van der Waals surface area contributed by atoms with Crippen LogP contribution in [0.4, 0.5) is 0 Å². The minimum absolute atomic E-state index is 0.0552. The fourth-order valence-electron chi connectivity index (χ4n) is 0.931. The van der Waals surface area contributed by atoms with Crippen LogP contribution in [0.3, 0.4) is 0 Å². The number of rotatable bonds is 6. The van der Waals surface area contributed by atoms with Crippen molar-refractivity contribution in [3.05, 3.63) is 0 Å². The van der Waals surface area contributed by atoms with Crippen LogP contribution in [0.2, 0.25) is 0 Å². The van der Waals surface area contributed by atoms with Gasteiger partial charge in [-0.1, -0.05) is 34.6 Å². The summed E-state index contributed by atoms with van der Waals surface area (Å²) >= 11 is 0. The molecule has 90 valence electrons. The summed E-state index contributed by atoms with van der Waals surface area (Å²) in [7, 11) is 0. The van der Waals surface area contributed by atoms with Gasteiger partial charge in [-0.05, 0) is 11.8 Å². The Morgan fingerprint density at radius 1 is 1.27 bits per heavy atom. The Morgan fingerprint density at radius 3 is 2.33 bits per heavy atom. The van der Waals surface area contributed by atoms with Gasteiger partial charge in [0.2, 0.25) is 5.91 Å². The zero-order chi connectivity index (χ0) is 11.9. The molecular weight excluding hydrogens is 190 g/mol. The van der Waals surface area contributed by atoms with Crippen molar-refractivity contribution >= 4 is 5.91 Å². The summed E-state index contributed by atoms with van der Waals surface area (Å²) in [5, 5.41) is 2.82. The molecule has 1 N–H and O–H groups in total. The predicted octanol–water partition coefficient (Wildman–Crippen LogP) is 2.21. The topological polar surface area (TPSA) is 38.3 Å². The lowest BCUT2D eigenvalue weighted by molar-refractivity contribution is -0.124. The zero-order valence-corrected chi connectivity index (χ0v) is 10.7. The first-order valence-corrected chi connectivity index (χ1v) is 5.68. The number of nitrogens with one attached hydrogen (secondary N) is 1. The number of hydrogen-bond acceptors (Lipinski definition) is 2. The van der Waals surface area contributed by atoms with Crippen LogP contribution in [-0.4, -0.2) is 25.7 Å². The van der Waals surface area contributed by atoms with Crippen LogP contribution >= 0.6 is 0 Å². The lowest BCUT2D eigenvalue weighted by atomic mass is 9.93. The number of ether oxygens (including phenoxy) is 1. The Kier molecular flexibility index (Phi) is 6.57. The molecule has 0 rings (SSSR count). The molecule has 1 amide bonds. The summed E-state index contributed by atoms with van der Waals surface area (Å²) in [6, 6.07) is 0. The average Bonchev–Trinajstić information content (AvgIpc) is 2.08. The van der Waals surface area contributed by atoms with Crippen LogP contribution in [0.1, 0.15) is 41.0 Å². The van der Waals surface area contributed by atoms with Crippen LogP contribution in [0.25, 0.3) is 0 Å². The van der Waals surface area contributed by atoms with Crippen molar-refractivity contribution in [3.8, 4) is 0 Å². The number of amides is 1. The van der Waals surface area contributed by atoms with Gasteiger partial charge in [0.1, 0.15) is 0 Å². The van der Waals surface area contributed by atoms with Gasteiger partial charge in [0.15, 0.2) is 0 Å². The minimum Gasteiger partial charge on any atom is -0.380 e. The molecule has 0 spiro atoms. The second-order valence-electron chi connectivity index (χ2n) is 5.37. The molecular formula is C12H25NO2. The van der Waals surface area contributed by atoms with Gasteiger partial charge in [0.25, 0.3) is 0 Å². The summed E-state index contributed by atoms with van der Waals surface area (Å²) in [4.78, 5) is 11.2. The highest BCUT2D eigenvalue weighted by atomic mass is 16.5. The van der Waals surface area contributed by atoms with Crippen molar-refractivity contribution in [2.75, 3.05) is 19.8 Å². The van der Waals surface area contributed by atoms with Gasteiger partial charge in [-0.25, -0.2) is 0 Å². The summed E-state index contributed by atoms with van der Waals surface area (Å²) in [6.45, 7) is 12.3. The Morgan fingerprint density at radius 2 is 1.87 bits per heavy atom. The molecule has 0 bridgehead atoms. The molecule has 3 heteroatoms. The van der Waals surface area contributed by atoms with Crippen LogP contribution in [0.15, 0.2) is 0 Å². The first-order chi connectivity index (χ1) is 6.83. The van der Waals surface area contributed by atoms with Crippen molar-refractivity contribution < 1.29 is 9.53 Å². The maximum Gasteiger partial charge on any atom is 0.222 e. The van der Waals surface area contributed by atoms with E-state index in [2.05, 4.69) is 26.1 Å². The van der Waals surface area contributed by atoms with E-state index in [0.717, 1.165) is 13.0 Å². The predicted molar refractivity (Wildman–Crippen MR) is 62.7 cm³/mol. The van der Waals surface area contributed by atoms with Crippen LogP contribution in [0, 0.1) is 11.3 Å². The van der Waals surface area contributed by atoms with Crippen molar-refractivity contribution in [2.24, 2.45) is 11.3 Å². The van der Waals surface area contributed by atoms with E-state index < -0.39 is 0 Å². The van der Waals surface area contributed by atoms with Crippen molar-refractivity contribution in [3.63, 3.8) is 0 Å². The van der Waals surface area contributed by atoms with Gasteiger partial charge in [-0.15, -0.1) is 0 Å². The Balaban J connectivity index is 3.30. The lowest BCUT2D eigenvalue weighted by Gasteiger charge is -2.17. The normalized spacial score (nSPS) is 11.9. The Hall–Kier alpha value is -0.570. The monoisotopic (exact) mass is 215 g/mol. The van der Waals surface area contributed by atoms with Gasteiger partial charge in [-0.3, -0.25) is 4.79 Å². The highest BCUT2D eigenvalue weighted by Crippen LogP contribution is 2.17. The van der Waals surface area contributed by atoms with Gasteiger partial charge in [0, 0.05) is 19.1 Å². The summed E-state index contributed by atoms with van der Waals surface area (Å²) < 4.78 is 5.43. The molecule has 0 radical (unpaired) electrons. The Bertz CT molecular complexity index is 183. The number of carbonyl (C=O) groups is 1. The van der Waals surface area contributed by atoms with Crippen LogP contribution < -0.4 is 5.32 Å². The minimum atomic E-state index is 0.0552. The maximum atomic E-state index is 11.2. The van der Waals surface area contributed by atoms with Gasteiger partial charge in [0.05, 0.1) is 6.61 Å². The largest absolute Gasteiger partial charge is 0.380 e. The molecule has 0 aromatic rings. The highest BCUT2D eigenvalue weighted by Gasteiger charge is 2.09. The van der Waals surface area contributed by atoms with E-state index >= 15 is 0 Å². The van der Waals surface area contributed by atoms with E-state index in [1.807, 2.05) is 13.8 Å². The van der Waals surface area contributed by atoms with E-state index in [9.17, 15) is 4.79 Å². The third kappa shape index (κ3) is 9.73. The molecule has 0 aliphatic carbocycles. The SMILES string of the molecule is CC(C)C(=O)NCCOCCC(C)(C)C. The number of carbonyl (C=O) groups excluding carboxylic acids is 1. The van der Waals surface area contributed by atoms with Crippen molar-refractivity contribution in [1.82, 2.24) is 5.32 Å². The molecule has 0 aromatic carbocycles. The molecule has 0 fully saturated rings. The molecule has 0 aliphatic rings. The van der Waals surface area contributed by atoms with Crippen molar-refractivity contribution in [1.29, 1.82) is 0 Å². The molecule has 15 heavy (non-hydrogen) atoms. The van der Waals surface area contributed by atoms with E-state index in [1.165, 1.54) is 0 Å². The second kappa shape index (κ2) is 6.83. The summed E-state index contributed by atoms with van der Waals surface area (Å²) in [6.07, 6.45) is 1.05. The first kappa shape index (κ1) is 14.4. The van der Waals surface area contributed by atoms with E-state index in [-0.39, 0.29) is 11.8 Å². The maximum absolute atomic E-state index is 11.2. The summed E-state index contributed by atoms with van der Waals surface area (Å²) in [5.74, 6) is 0.147. The smallest absolute Gasteiger partial charge is 0.222 e. The standard InChI is InChI=1S/C12H25NO2/c1-10(2)11(14)13-7-9-15-8-6-12(3,4)5/h10H,6-9H2,1-5H3,(H,13,14). The van der Waals surface area contributed by atoms with E-state index in [0.29, 0.717) is 18.6 Å². The molecule has 0 aromatic heterocycles. The molecule has 0 aliphatic heterocycles. The molecule has 0 heterocycles. The van der Waals surface area contributed by atoms with E-state index in [1.54, 1.807) is 0 Å². The molecule has 0 atom stereocenters. The van der Waals surface area contributed by atoms with Gasteiger partial charge >= 0.3 is 0 Å². The van der Waals surface area contributed by atoms with Crippen molar-refractivity contribution in [2.45, 2.75) is 41.0 Å². The highest BCUT2D eigenvalue weighted by molar-refractivity contribution is 5.77. The zero-order valence-electron chi connectivity index (χ0n) is 10.7. The molecule has 3 nitrogen and oxygen atoms in total. The summed E-state index contributed by atoms with van der Waals surface area (Å²) in [5.41, 5.74) is 0.321. The lowest BCUT2D eigenvalue weighted by Crippen LogP contribution is -2.30. The average molecular weight is 215 g/mol. The second-order valence-corrected chi connectivity index (χ2v) is 5.37. The quantitative estimate of drug-likeness (QED) is 0.690. The van der Waals surface area contributed by atoms with Gasteiger partial charge in [-0.2, -0.15) is 0 Å². The number of hydrogen-bond donors (Lipinski definition) is 1. The van der Waals surface area contributed by atoms with Gasteiger partial charge < -0.3 is 10.1 Å². The third-order valence-electron chi connectivity index (χ3n) is 2.07. The van der Waals surface area contributed by atoms with Crippen LogP contribution in [0.5, 0.6) is 0 Å². The Labute approximate surface area is 93.6 Å². The molecule has 0 unspecified atom stereocenters. The fourth-order valence-corrected chi connectivity index (χ4v) is 0.931. The first-order valence-electron chi connectivity index (χ1n) is 5.68. The fraction of sp³-hybridized carbons (Fsp3) is 0.917. The van der Waals surface area contributed by atoms with Crippen LogP contribution in [-0.2, 0) is 9.53 Å². The third-order valence-corrected chi connectivity index (χ3v) is 2.07. The van der Waals surface area contributed by atoms with E-state index in [4.69, 9.17) is 4.74 Å². The molecule has 0 saturated heterocycles. The molecule has 0 saturated carbocycles.